The van der Waals surface area contributed by atoms with E-state index in [-0.39, 0.29) is 5.56 Å². The lowest BCUT2D eigenvalue weighted by Crippen LogP contribution is -2.12. The van der Waals surface area contributed by atoms with Crippen LogP contribution in [0, 0.1) is 0 Å². The zero-order chi connectivity index (χ0) is 14.9. The van der Waals surface area contributed by atoms with Gasteiger partial charge in [-0.05, 0) is 35.4 Å². The number of aliphatic hydroxyl groups is 1. The zero-order valence-corrected chi connectivity index (χ0v) is 13.1. The second kappa shape index (κ2) is 5.87. The molecule has 1 nitrogen and oxygen atoms in total. The molecule has 2 rings (SSSR count). The van der Waals surface area contributed by atoms with Crippen LogP contribution >= 0.6 is 31.9 Å². The molecule has 106 valence electrons. The van der Waals surface area contributed by atoms with Gasteiger partial charge in [0, 0.05) is 8.95 Å². The quantitative estimate of drug-likeness (QED) is 0.712. The fraction of sp³-hybridized carbons (Fsp3) is 0.143. The van der Waals surface area contributed by atoms with Crippen LogP contribution in [-0.2, 0) is 6.18 Å². The predicted molar refractivity (Wildman–Crippen MR) is 77.3 cm³/mol. The lowest BCUT2D eigenvalue weighted by molar-refractivity contribution is -0.139. The smallest absolute Gasteiger partial charge is 0.384 e. The van der Waals surface area contributed by atoms with E-state index in [0.29, 0.717) is 10.0 Å². The van der Waals surface area contributed by atoms with Crippen LogP contribution in [0.5, 0.6) is 0 Å². The van der Waals surface area contributed by atoms with Crippen molar-refractivity contribution in [3.63, 3.8) is 0 Å². The minimum Gasteiger partial charge on any atom is -0.384 e. The number of halogens is 5. The van der Waals surface area contributed by atoms with Crippen molar-refractivity contribution in [1.82, 2.24) is 0 Å². The van der Waals surface area contributed by atoms with Crippen molar-refractivity contribution in [3.8, 4) is 0 Å². The first-order valence-electron chi connectivity index (χ1n) is 5.59. The average Bonchev–Trinajstić information content (AvgIpc) is 2.38. The highest BCUT2D eigenvalue weighted by molar-refractivity contribution is 9.10. The molecule has 0 bridgehead atoms. The zero-order valence-electron chi connectivity index (χ0n) is 9.96. The Kier molecular flexibility index (Phi) is 4.56. The monoisotopic (exact) mass is 408 g/mol. The van der Waals surface area contributed by atoms with Gasteiger partial charge in [-0.15, -0.1) is 0 Å². The summed E-state index contributed by atoms with van der Waals surface area (Å²) in [7, 11) is 0. The topological polar surface area (TPSA) is 20.2 Å². The Morgan fingerprint density at radius 2 is 1.45 bits per heavy atom. The van der Waals surface area contributed by atoms with Gasteiger partial charge in [-0.3, -0.25) is 0 Å². The average molecular weight is 410 g/mol. The van der Waals surface area contributed by atoms with Crippen LogP contribution in [0.4, 0.5) is 13.2 Å². The molecule has 0 aliphatic carbocycles. The highest BCUT2D eigenvalue weighted by atomic mass is 79.9. The largest absolute Gasteiger partial charge is 0.416 e. The number of hydrogen-bond acceptors (Lipinski definition) is 1. The highest BCUT2D eigenvalue weighted by Gasteiger charge is 2.35. The van der Waals surface area contributed by atoms with E-state index in [0.717, 1.165) is 10.5 Å². The molecule has 0 aromatic heterocycles. The van der Waals surface area contributed by atoms with Crippen molar-refractivity contribution in [2.75, 3.05) is 0 Å². The lowest BCUT2D eigenvalue weighted by atomic mass is 9.96. The molecular formula is C14H9Br2F3O. The van der Waals surface area contributed by atoms with Crippen molar-refractivity contribution in [3.05, 3.63) is 68.1 Å². The maximum Gasteiger partial charge on any atom is 0.416 e. The second-order valence-corrected chi connectivity index (χ2v) is 6.01. The molecular weight excluding hydrogens is 401 g/mol. The molecule has 1 N–H and O–H groups in total. The Hall–Kier alpha value is -0.850. The van der Waals surface area contributed by atoms with E-state index in [2.05, 4.69) is 31.9 Å². The highest BCUT2D eigenvalue weighted by Crippen LogP contribution is 2.38. The van der Waals surface area contributed by atoms with Crippen LogP contribution in [0.1, 0.15) is 22.8 Å². The number of rotatable bonds is 2. The molecule has 0 spiro atoms. The molecule has 6 heteroatoms. The summed E-state index contributed by atoms with van der Waals surface area (Å²) in [4.78, 5) is 0. The molecule has 1 atom stereocenters. The van der Waals surface area contributed by atoms with Crippen molar-refractivity contribution in [2.24, 2.45) is 0 Å². The molecule has 0 saturated heterocycles. The third-order valence-electron chi connectivity index (χ3n) is 2.80. The molecule has 0 heterocycles. The van der Waals surface area contributed by atoms with Gasteiger partial charge in [-0.2, -0.15) is 13.2 Å². The summed E-state index contributed by atoms with van der Waals surface area (Å²) in [6, 6.07) is 10.2. The molecule has 0 aliphatic heterocycles. The van der Waals surface area contributed by atoms with Gasteiger partial charge >= 0.3 is 6.18 Å². The van der Waals surface area contributed by atoms with Gasteiger partial charge in [0.05, 0.1) is 5.56 Å². The number of hydrogen-bond donors (Lipinski definition) is 1. The minimum atomic E-state index is -4.52. The molecule has 0 fully saturated rings. The minimum absolute atomic E-state index is 0.164. The molecule has 1 unspecified atom stereocenters. The van der Waals surface area contributed by atoms with E-state index in [4.69, 9.17) is 0 Å². The summed E-state index contributed by atoms with van der Waals surface area (Å²) < 4.78 is 40.2. The molecule has 2 aromatic carbocycles. The number of aliphatic hydroxyl groups excluding tert-OH is 1. The Morgan fingerprint density at radius 1 is 0.900 bits per heavy atom. The van der Waals surface area contributed by atoms with Crippen LogP contribution in [0.15, 0.2) is 51.4 Å². The molecule has 0 radical (unpaired) electrons. The first-order valence-corrected chi connectivity index (χ1v) is 7.18. The van der Waals surface area contributed by atoms with E-state index in [1.165, 1.54) is 12.1 Å². The van der Waals surface area contributed by atoms with Gasteiger partial charge < -0.3 is 5.11 Å². The van der Waals surface area contributed by atoms with Crippen LogP contribution in [0.25, 0.3) is 0 Å². The lowest BCUT2D eigenvalue weighted by Gasteiger charge is -2.18. The first kappa shape index (κ1) is 15.5. The SMILES string of the molecule is OC(c1ccc(Br)cc1)c1ccc(Br)cc1C(F)(F)F. The van der Waals surface area contributed by atoms with Gasteiger partial charge in [0.1, 0.15) is 6.10 Å². The number of benzene rings is 2. The fourth-order valence-corrected chi connectivity index (χ4v) is 2.46. The fourth-order valence-electron chi connectivity index (χ4n) is 1.84. The van der Waals surface area contributed by atoms with Crippen molar-refractivity contribution in [1.29, 1.82) is 0 Å². The number of alkyl halides is 3. The summed E-state index contributed by atoms with van der Waals surface area (Å²) in [6.45, 7) is 0. The van der Waals surface area contributed by atoms with E-state index in [1.54, 1.807) is 24.3 Å². The van der Waals surface area contributed by atoms with Crippen LogP contribution in [0.3, 0.4) is 0 Å². The summed E-state index contributed by atoms with van der Waals surface area (Å²) in [6.07, 6.45) is -5.84. The maximum absolute atomic E-state index is 13.0. The Bertz CT molecular complexity index is 609. The molecule has 2 aromatic rings. The van der Waals surface area contributed by atoms with E-state index in [1.807, 2.05) is 0 Å². The van der Waals surface area contributed by atoms with Crippen molar-refractivity contribution >= 4 is 31.9 Å². The summed E-state index contributed by atoms with van der Waals surface area (Å²) in [5.41, 5.74) is -0.605. The van der Waals surface area contributed by atoms with Gasteiger partial charge in [-0.1, -0.05) is 50.1 Å². The van der Waals surface area contributed by atoms with Crippen LogP contribution < -0.4 is 0 Å². The van der Waals surface area contributed by atoms with E-state index in [9.17, 15) is 18.3 Å². The molecule has 0 amide bonds. The van der Waals surface area contributed by atoms with Crippen LogP contribution in [-0.4, -0.2) is 5.11 Å². The van der Waals surface area contributed by atoms with E-state index < -0.39 is 17.8 Å². The standard InChI is InChI=1S/C14H9Br2F3O/c15-9-3-1-8(2-4-9)13(20)11-6-5-10(16)7-12(11)14(17,18)19/h1-7,13,20H. The molecule has 0 aliphatic rings. The van der Waals surface area contributed by atoms with E-state index >= 15 is 0 Å². The summed E-state index contributed by atoms with van der Waals surface area (Å²) >= 11 is 6.25. The van der Waals surface area contributed by atoms with Gasteiger partial charge in [0.2, 0.25) is 0 Å². The Labute approximate surface area is 130 Å². The normalized spacial score (nSPS) is 13.3. The first-order chi connectivity index (χ1) is 9.29. The third kappa shape index (κ3) is 3.42. The molecule has 0 saturated carbocycles. The Balaban J connectivity index is 2.49. The van der Waals surface area contributed by atoms with Crippen molar-refractivity contribution < 1.29 is 18.3 Å². The van der Waals surface area contributed by atoms with Gasteiger partial charge in [0.15, 0.2) is 0 Å². The maximum atomic E-state index is 13.0. The van der Waals surface area contributed by atoms with Crippen molar-refractivity contribution in [2.45, 2.75) is 12.3 Å². The second-order valence-electron chi connectivity index (χ2n) is 4.18. The molecule has 20 heavy (non-hydrogen) atoms. The summed E-state index contributed by atoms with van der Waals surface area (Å²) in [5, 5.41) is 10.2. The third-order valence-corrected chi connectivity index (χ3v) is 3.82. The Morgan fingerprint density at radius 3 is 2.00 bits per heavy atom. The van der Waals surface area contributed by atoms with Gasteiger partial charge in [-0.25, -0.2) is 0 Å². The summed E-state index contributed by atoms with van der Waals surface area (Å²) in [5.74, 6) is 0. The van der Waals surface area contributed by atoms with Crippen LogP contribution in [0.2, 0.25) is 0 Å². The van der Waals surface area contributed by atoms with Gasteiger partial charge in [0.25, 0.3) is 0 Å². The predicted octanol–water partition coefficient (Wildman–Crippen LogP) is 5.31.